The lowest BCUT2D eigenvalue weighted by molar-refractivity contribution is -0.132. The van der Waals surface area contributed by atoms with Gasteiger partial charge in [0.15, 0.2) is 0 Å². The number of hydrogen-bond donors (Lipinski definition) is 0. The van der Waals surface area contributed by atoms with Crippen molar-refractivity contribution < 1.29 is 13.6 Å². The maximum Gasteiger partial charge on any atom is 0.225 e. The molecule has 0 N–H and O–H groups in total. The Morgan fingerprint density at radius 3 is 2.31 bits per heavy atom. The predicted octanol–water partition coefficient (Wildman–Crippen LogP) is 4.09. The normalized spacial score (nSPS) is 15.4. The van der Waals surface area contributed by atoms with E-state index in [-0.39, 0.29) is 30.0 Å². The first-order valence-corrected chi connectivity index (χ1v) is 9.77. The molecule has 0 radical (unpaired) electrons. The molecule has 150 valence electrons. The molecule has 29 heavy (non-hydrogen) atoms. The van der Waals surface area contributed by atoms with Crippen LogP contribution in [0.4, 0.5) is 14.5 Å². The lowest BCUT2D eigenvalue weighted by atomic mass is 10.0. The molecule has 1 aliphatic heterocycles. The van der Waals surface area contributed by atoms with Crippen LogP contribution in [0.5, 0.6) is 0 Å². The summed E-state index contributed by atoms with van der Waals surface area (Å²) in [6.45, 7) is 2.24. The van der Waals surface area contributed by atoms with Crippen molar-refractivity contribution >= 4 is 11.6 Å². The first-order valence-electron chi connectivity index (χ1n) is 9.77. The first kappa shape index (κ1) is 19.2. The van der Waals surface area contributed by atoms with Gasteiger partial charge >= 0.3 is 0 Å². The van der Waals surface area contributed by atoms with Crippen LogP contribution in [-0.4, -0.2) is 41.6 Å². The molecule has 2 aromatic carbocycles. The molecule has 4 nitrogen and oxygen atoms in total. The largest absolute Gasteiger partial charge is 0.366 e. The number of para-hydroxylation sites is 1. The van der Waals surface area contributed by atoms with Gasteiger partial charge in [-0.15, -0.1) is 0 Å². The highest BCUT2D eigenvalue weighted by Gasteiger charge is 2.26. The SMILES string of the molecule is O=C(C[C@H](c1cccc(F)c1)n1cccc1)N1CCN(c2ccccc2F)CC1. The molecule has 0 unspecified atom stereocenters. The van der Waals surface area contributed by atoms with Gasteiger partial charge in [0.25, 0.3) is 0 Å². The predicted molar refractivity (Wildman–Crippen MR) is 109 cm³/mol. The molecular formula is C23H23F2N3O. The summed E-state index contributed by atoms with van der Waals surface area (Å²) in [5.41, 5.74) is 1.34. The van der Waals surface area contributed by atoms with E-state index in [4.69, 9.17) is 0 Å². The molecule has 0 bridgehead atoms. The number of benzene rings is 2. The van der Waals surface area contributed by atoms with Gasteiger partial charge in [0.2, 0.25) is 5.91 Å². The first-order chi connectivity index (χ1) is 14.1. The molecular weight excluding hydrogens is 372 g/mol. The second kappa shape index (κ2) is 8.47. The Labute approximate surface area is 169 Å². The Bertz CT molecular complexity index is 966. The molecule has 1 aromatic heterocycles. The zero-order valence-electron chi connectivity index (χ0n) is 16.0. The van der Waals surface area contributed by atoms with Gasteiger partial charge in [0, 0.05) is 38.6 Å². The molecule has 1 atom stereocenters. The highest BCUT2D eigenvalue weighted by Crippen LogP contribution is 2.25. The van der Waals surface area contributed by atoms with Crippen LogP contribution in [0, 0.1) is 11.6 Å². The second-order valence-electron chi connectivity index (χ2n) is 7.22. The minimum absolute atomic E-state index is 0.0149. The fourth-order valence-corrected chi connectivity index (χ4v) is 3.86. The standard InChI is InChI=1S/C23H23F2N3O/c24-19-7-5-6-18(16-19)22(26-10-3-4-11-26)17-23(29)28-14-12-27(13-15-28)21-9-2-1-8-20(21)25/h1-11,16,22H,12-15,17H2/t22-/m1/s1. The van der Waals surface area contributed by atoms with Crippen molar-refractivity contribution in [3.8, 4) is 0 Å². The summed E-state index contributed by atoms with van der Waals surface area (Å²) in [5, 5.41) is 0. The quantitative estimate of drug-likeness (QED) is 0.651. The number of carbonyl (C=O) groups is 1. The van der Waals surface area contributed by atoms with Gasteiger partial charge in [-0.25, -0.2) is 8.78 Å². The van der Waals surface area contributed by atoms with Crippen LogP contribution in [0.2, 0.25) is 0 Å². The lowest BCUT2D eigenvalue weighted by Crippen LogP contribution is -2.49. The summed E-state index contributed by atoms with van der Waals surface area (Å²) in [6.07, 6.45) is 4.02. The van der Waals surface area contributed by atoms with E-state index in [9.17, 15) is 13.6 Å². The fraction of sp³-hybridized carbons (Fsp3) is 0.261. The molecule has 0 saturated carbocycles. The molecule has 3 aromatic rings. The summed E-state index contributed by atoms with van der Waals surface area (Å²) in [4.78, 5) is 16.8. The number of aromatic nitrogens is 1. The average Bonchev–Trinajstić information content (AvgIpc) is 3.27. The van der Waals surface area contributed by atoms with E-state index < -0.39 is 0 Å². The Morgan fingerprint density at radius 1 is 0.897 bits per heavy atom. The van der Waals surface area contributed by atoms with Crippen molar-refractivity contribution in [3.63, 3.8) is 0 Å². The molecule has 0 spiro atoms. The summed E-state index contributed by atoms with van der Waals surface area (Å²) >= 11 is 0. The zero-order chi connectivity index (χ0) is 20.2. The van der Waals surface area contributed by atoms with Crippen LogP contribution < -0.4 is 4.90 Å². The van der Waals surface area contributed by atoms with E-state index in [1.54, 1.807) is 18.2 Å². The molecule has 4 rings (SSSR count). The summed E-state index contributed by atoms with van der Waals surface area (Å²) < 4.78 is 29.7. The number of carbonyl (C=O) groups excluding carboxylic acids is 1. The number of anilines is 1. The van der Waals surface area contributed by atoms with Crippen LogP contribution in [0.25, 0.3) is 0 Å². The van der Waals surface area contributed by atoms with Gasteiger partial charge in [0.05, 0.1) is 18.2 Å². The van der Waals surface area contributed by atoms with Gasteiger partial charge < -0.3 is 14.4 Å². The van der Waals surface area contributed by atoms with E-state index in [2.05, 4.69) is 0 Å². The third kappa shape index (κ3) is 4.31. The topological polar surface area (TPSA) is 28.5 Å². The number of rotatable bonds is 5. The van der Waals surface area contributed by atoms with Crippen LogP contribution in [0.3, 0.4) is 0 Å². The van der Waals surface area contributed by atoms with Crippen molar-refractivity contribution in [2.75, 3.05) is 31.1 Å². The summed E-state index contributed by atoms with van der Waals surface area (Å²) in [5.74, 6) is -0.544. The molecule has 1 aliphatic rings. The van der Waals surface area contributed by atoms with E-state index >= 15 is 0 Å². The van der Waals surface area contributed by atoms with Crippen molar-refractivity contribution in [1.29, 1.82) is 0 Å². The number of hydrogen-bond acceptors (Lipinski definition) is 2. The van der Waals surface area contributed by atoms with Crippen LogP contribution in [0.1, 0.15) is 18.0 Å². The van der Waals surface area contributed by atoms with Crippen molar-refractivity contribution in [2.45, 2.75) is 12.5 Å². The van der Waals surface area contributed by atoms with E-state index in [0.29, 0.717) is 31.9 Å². The monoisotopic (exact) mass is 395 g/mol. The Kier molecular flexibility index (Phi) is 5.60. The van der Waals surface area contributed by atoms with Crippen molar-refractivity contribution in [3.05, 3.63) is 90.3 Å². The molecule has 1 saturated heterocycles. The molecule has 2 heterocycles. The maximum atomic E-state index is 14.0. The van der Waals surface area contributed by atoms with Crippen molar-refractivity contribution in [2.24, 2.45) is 0 Å². The third-order valence-corrected chi connectivity index (χ3v) is 5.41. The summed E-state index contributed by atoms with van der Waals surface area (Å²) in [7, 11) is 0. The number of piperazine rings is 1. The van der Waals surface area contributed by atoms with Gasteiger partial charge in [-0.3, -0.25) is 4.79 Å². The second-order valence-corrected chi connectivity index (χ2v) is 7.22. The number of halogens is 2. The van der Waals surface area contributed by atoms with Gasteiger partial charge in [-0.1, -0.05) is 24.3 Å². The van der Waals surface area contributed by atoms with Gasteiger partial charge in [0.1, 0.15) is 11.6 Å². The van der Waals surface area contributed by atoms with Gasteiger partial charge in [-0.2, -0.15) is 0 Å². The zero-order valence-corrected chi connectivity index (χ0v) is 16.0. The number of nitrogens with zero attached hydrogens (tertiary/aromatic N) is 3. The van der Waals surface area contributed by atoms with Crippen molar-refractivity contribution in [1.82, 2.24) is 9.47 Å². The average molecular weight is 395 g/mol. The molecule has 6 heteroatoms. The van der Waals surface area contributed by atoms with E-state index in [1.165, 1.54) is 18.2 Å². The number of amides is 1. The van der Waals surface area contributed by atoms with Crippen LogP contribution >= 0.6 is 0 Å². The highest BCUT2D eigenvalue weighted by molar-refractivity contribution is 5.77. The third-order valence-electron chi connectivity index (χ3n) is 5.41. The lowest BCUT2D eigenvalue weighted by Gasteiger charge is -2.37. The van der Waals surface area contributed by atoms with Gasteiger partial charge in [-0.05, 0) is 42.0 Å². The highest BCUT2D eigenvalue weighted by atomic mass is 19.1. The molecule has 1 amide bonds. The maximum absolute atomic E-state index is 14.0. The minimum atomic E-state index is -0.314. The fourth-order valence-electron chi connectivity index (χ4n) is 3.86. The molecule has 0 aliphatic carbocycles. The Hall–Kier alpha value is -3.15. The van der Waals surface area contributed by atoms with Crippen LogP contribution in [0.15, 0.2) is 73.1 Å². The van der Waals surface area contributed by atoms with Crippen LogP contribution in [-0.2, 0) is 4.79 Å². The molecule has 1 fully saturated rings. The smallest absolute Gasteiger partial charge is 0.225 e. The Balaban J connectivity index is 1.44. The minimum Gasteiger partial charge on any atom is -0.366 e. The Morgan fingerprint density at radius 2 is 1.62 bits per heavy atom. The van der Waals surface area contributed by atoms with E-state index in [1.807, 2.05) is 51.0 Å². The van der Waals surface area contributed by atoms with E-state index in [0.717, 1.165) is 5.56 Å². The summed E-state index contributed by atoms with van der Waals surface area (Å²) in [6, 6.07) is 16.6.